The van der Waals surface area contributed by atoms with Crippen molar-refractivity contribution in [2.45, 2.75) is 52.0 Å². The number of nitro groups is 1. The van der Waals surface area contributed by atoms with E-state index in [4.69, 9.17) is 11.6 Å². The molecule has 0 aliphatic rings. The first kappa shape index (κ1) is 16.8. The molecule has 0 amide bonds. The molecule has 0 aromatic heterocycles. The third-order valence-electron chi connectivity index (χ3n) is 3.61. The molecule has 5 heteroatoms. The van der Waals surface area contributed by atoms with Crippen LogP contribution in [0.3, 0.4) is 0 Å². The molecular formula is C15H23ClN2O2. The van der Waals surface area contributed by atoms with E-state index < -0.39 is 0 Å². The Morgan fingerprint density at radius 1 is 1.40 bits per heavy atom. The van der Waals surface area contributed by atoms with E-state index in [1.165, 1.54) is 0 Å². The van der Waals surface area contributed by atoms with Gasteiger partial charge in [0.05, 0.1) is 10.8 Å². The highest BCUT2D eigenvalue weighted by atomic mass is 35.5. The molecule has 1 unspecified atom stereocenters. The maximum absolute atomic E-state index is 11.0. The maximum Gasteiger partial charge on any atom is 0.273 e. The van der Waals surface area contributed by atoms with Gasteiger partial charge in [-0.1, -0.05) is 20.3 Å². The van der Waals surface area contributed by atoms with Gasteiger partial charge in [-0.2, -0.15) is 0 Å². The van der Waals surface area contributed by atoms with E-state index >= 15 is 0 Å². The average Bonchev–Trinajstić information content (AvgIpc) is 2.46. The van der Waals surface area contributed by atoms with Crippen molar-refractivity contribution in [3.05, 3.63) is 33.9 Å². The van der Waals surface area contributed by atoms with Crippen molar-refractivity contribution < 1.29 is 4.92 Å². The SMILES string of the molecule is CCCCN(c1ccc([N+](=O)[O-])c(CCl)c1)C(C)CC. The van der Waals surface area contributed by atoms with Crippen LogP contribution in [0, 0.1) is 10.1 Å². The summed E-state index contributed by atoms with van der Waals surface area (Å²) in [5.74, 6) is 0.159. The van der Waals surface area contributed by atoms with Gasteiger partial charge in [0, 0.05) is 29.9 Å². The molecule has 0 bridgehead atoms. The molecule has 1 atom stereocenters. The number of anilines is 1. The summed E-state index contributed by atoms with van der Waals surface area (Å²) in [6.45, 7) is 7.45. The van der Waals surface area contributed by atoms with E-state index in [9.17, 15) is 10.1 Å². The third kappa shape index (κ3) is 4.10. The monoisotopic (exact) mass is 298 g/mol. The number of nitrogens with zero attached hydrogens (tertiary/aromatic N) is 2. The predicted octanol–water partition coefficient (Wildman–Crippen LogP) is 4.74. The van der Waals surface area contributed by atoms with Gasteiger partial charge in [-0.05, 0) is 31.9 Å². The number of unbranched alkanes of at least 4 members (excludes halogenated alkanes) is 1. The number of hydrogen-bond acceptors (Lipinski definition) is 3. The van der Waals surface area contributed by atoms with Crippen LogP contribution in [0.1, 0.15) is 45.6 Å². The van der Waals surface area contributed by atoms with E-state index in [1.807, 2.05) is 12.1 Å². The largest absolute Gasteiger partial charge is 0.369 e. The molecular weight excluding hydrogens is 276 g/mol. The molecule has 1 aromatic carbocycles. The van der Waals surface area contributed by atoms with Crippen LogP contribution in [-0.4, -0.2) is 17.5 Å². The Bertz CT molecular complexity index is 451. The Kier molecular flexibility index (Phi) is 6.79. The summed E-state index contributed by atoms with van der Waals surface area (Å²) in [5, 5.41) is 11.0. The Morgan fingerprint density at radius 3 is 2.60 bits per heavy atom. The van der Waals surface area contributed by atoms with Crippen molar-refractivity contribution >= 4 is 23.0 Å². The Hall–Kier alpha value is -1.29. The Balaban J connectivity index is 3.10. The average molecular weight is 299 g/mol. The van der Waals surface area contributed by atoms with Crippen molar-refractivity contribution in [1.82, 2.24) is 0 Å². The fraction of sp³-hybridized carbons (Fsp3) is 0.600. The summed E-state index contributed by atoms with van der Waals surface area (Å²) in [6.07, 6.45) is 3.27. The molecule has 0 N–H and O–H groups in total. The minimum atomic E-state index is -0.374. The topological polar surface area (TPSA) is 46.4 Å². The van der Waals surface area contributed by atoms with Crippen molar-refractivity contribution in [3.8, 4) is 0 Å². The third-order valence-corrected chi connectivity index (χ3v) is 3.90. The van der Waals surface area contributed by atoms with Gasteiger partial charge >= 0.3 is 0 Å². The predicted molar refractivity (Wildman–Crippen MR) is 84.7 cm³/mol. The lowest BCUT2D eigenvalue weighted by Crippen LogP contribution is -2.33. The highest BCUT2D eigenvalue weighted by Crippen LogP contribution is 2.28. The zero-order chi connectivity index (χ0) is 15.1. The van der Waals surface area contributed by atoms with Crippen LogP contribution in [0.25, 0.3) is 0 Å². The van der Waals surface area contributed by atoms with Gasteiger partial charge in [-0.3, -0.25) is 10.1 Å². The van der Waals surface area contributed by atoms with Crippen molar-refractivity contribution in [2.24, 2.45) is 0 Å². The standard InChI is InChI=1S/C15H23ClN2O2/c1-4-6-9-17(12(3)5-2)14-7-8-15(18(19)20)13(10-14)11-16/h7-8,10,12H,4-6,9,11H2,1-3H3. The highest BCUT2D eigenvalue weighted by molar-refractivity contribution is 6.17. The van der Waals surface area contributed by atoms with E-state index in [0.717, 1.165) is 31.5 Å². The molecule has 0 fully saturated rings. The summed E-state index contributed by atoms with van der Waals surface area (Å²) in [7, 11) is 0. The molecule has 4 nitrogen and oxygen atoms in total. The summed E-state index contributed by atoms with van der Waals surface area (Å²) in [6, 6.07) is 5.66. The molecule has 0 saturated carbocycles. The Morgan fingerprint density at radius 2 is 2.10 bits per heavy atom. The number of nitro benzene ring substituents is 1. The van der Waals surface area contributed by atoms with Gasteiger partial charge in [0.25, 0.3) is 5.69 Å². The first-order valence-corrected chi connectivity index (χ1v) is 7.68. The van der Waals surface area contributed by atoms with Crippen LogP contribution >= 0.6 is 11.6 Å². The molecule has 20 heavy (non-hydrogen) atoms. The van der Waals surface area contributed by atoms with E-state index in [2.05, 4.69) is 25.7 Å². The molecule has 0 heterocycles. The smallest absolute Gasteiger partial charge is 0.273 e. The first-order valence-electron chi connectivity index (χ1n) is 7.15. The van der Waals surface area contributed by atoms with Gasteiger partial charge in [0.15, 0.2) is 0 Å². The number of alkyl halides is 1. The van der Waals surface area contributed by atoms with Gasteiger partial charge < -0.3 is 4.90 Å². The normalized spacial score (nSPS) is 12.2. The molecule has 1 aromatic rings. The lowest BCUT2D eigenvalue weighted by atomic mass is 10.1. The van der Waals surface area contributed by atoms with Gasteiger partial charge in [0.2, 0.25) is 0 Å². The molecule has 0 radical (unpaired) electrons. The Labute approximate surface area is 125 Å². The van der Waals surface area contributed by atoms with E-state index in [-0.39, 0.29) is 16.5 Å². The van der Waals surface area contributed by atoms with Crippen LogP contribution < -0.4 is 4.90 Å². The molecule has 1 rings (SSSR count). The van der Waals surface area contributed by atoms with Crippen molar-refractivity contribution in [1.29, 1.82) is 0 Å². The zero-order valence-corrected chi connectivity index (χ0v) is 13.2. The fourth-order valence-electron chi connectivity index (χ4n) is 2.19. The van der Waals surface area contributed by atoms with Crippen LogP contribution in [0.2, 0.25) is 0 Å². The highest BCUT2D eigenvalue weighted by Gasteiger charge is 2.18. The maximum atomic E-state index is 11.0. The zero-order valence-electron chi connectivity index (χ0n) is 12.4. The van der Waals surface area contributed by atoms with E-state index in [0.29, 0.717) is 11.6 Å². The number of benzene rings is 1. The van der Waals surface area contributed by atoms with Crippen molar-refractivity contribution in [3.63, 3.8) is 0 Å². The summed E-state index contributed by atoms with van der Waals surface area (Å²) >= 11 is 5.85. The fourth-order valence-corrected chi connectivity index (χ4v) is 2.40. The number of hydrogen-bond donors (Lipinski definition) is 0. The van der Waals surface area contributed by atoms with Crippen LogP contribution in [0.5, 0.6) is 0 Å². The molecule has 0 saturated heterocycles. The van der Waals surface area contributed by atoms with Gasteiger partial charge in [0.1, 0.15) is 0 Å². The number of halogens is 1. The minimum Gasteiger partial charge on any atom is -0.369 e. The quantitative estimate of drug-likeness (QED) is 0.396. The second kappa shape index (κ2) is 8.10. The summed E-state index contributed by atoms with van der Waals surface area (Å²) < 4.78 is 0. The molecule has 0 aliphatic carbocycles. The summed E-state index contributed by atoms with van der Waals surface area (Å²) in [4.78, 5) is 12.9. The van der Waals surface area contributed by atoms with Crippen LogP contribution in [-0.2, 0) is 5.88 Å². The van der Waals surface area contributed by atoms with Gasteiger partial charge in [-0.15, -0.1) is 11.6 Å². The lowest BCUT2D eigenvalue weighted by molar-refractivity contribution is -0.385. The second-order valence-electron chi connectivity index (χ2n) is 5.01. The lowest BCUT2D eigenvalue weighted by Gasteiger charge is -2.31. The summed E-state index contributed by atoms with van der Waals surface area (Å²) in [5.41, 5.74) is 1.70. The van der Waals surface area contributed by atoms with Crippen LogP contribution in [0.15, 0.2) is 18.2 Å². The van der Waals surface area contributed by atoms with Crippen LogP contribution in [0.4, 0.5) is 11.4 Å². The molecule has 112 valence electrons. The molecule has 0 aliphatic heterocycles. The second-order valence-corrected chi connectivity index (χ2v) is 5.28. The van der Waals surface area contributed by atoms with E-state index in [1.54, 1.807) is 6.07 Å². The first-order chi connectivity index (χ1) is 9.54. The van der Waals surface area contributed by atoms with Gasteiger partial charge in [-0.25, -0.2) is 0 Å². The van der Waals surface area contributed by atoms with Crippen molar-refractivity contribution in [2.75, 3.05) is 11.4 Å². The molecule has 0 spiro atoms. The number of rotatable bonds is 8. The minimum absolute atomic E-state index is 0.100.